The normalized spacial score (nSPS) is 18.6. The summed E-state index contributed by atoms with van der Waals surface area (Å²) in [5, 5.41) is 7.51. The van der Waals surface area contributed by atoms with Gasteiger partial charge in [-0.15, -0.1) is 0 Å². The van der Waals surface area contributed by atoms with E-state index in [9.17, 15) is 4.79 Å². The first-order valence-electron chi connectivity index (χ1n) is 4.84. The average molecular weight is 203 g/mol. The van der Waals surface area contributed by atoms with Gasteiger partial charge in [0.05, 0.1) is 0 Å². The minimum absolute atomic E-state index is 0.302. The van der Waals surface area contributed by atoms with E-state index in [1.807, 2.05) is 45.0 Å². The van der Waals surface area contributed by atoms with Crippen LogP contribution in [-0.4, -0.2) is 11.7 Å². The SMILES string of the molecule is Cc1ccc(N2C(=O)N=NC2(C)C)cc1. The van der Waals surface area contributed by atoms with E-state index in [2.05, 4.69) is 10.2 Å². The molecule has 0 radical (unpaired) electrons. The summed E-state index contributed by atoms with van der Waals surface area (Å²) in [6.07, 6.45) is 0. The summed E-state index contributed by atoms with van der Waals surface area (Å²) in [4.78, 5) is 13.1. The Labute approximate surface area is 88.6 Å². The fourth-order valence-electron chi connectivity index (χ4n) is 1.61. The van der Waals surface area contributed by atoms with Gasteiger partial charge in [0, 0.05) is 5.69 Å². The first-order valence-corrected chi connectivity index (χ1v) is 4.84. The molecule has 0 saturated heterocycles. The molecular weight excluding hydrogens is 190 g/mol. The highest BCUT2D eigenvalue weighted by atomic mass is 16.2. The fourth-order valence-corrected chi connectivity index (χ4v) is 1.61. The van der Waals surface area contributed by atoms with E-state index in [1.165, 1.54) is 0 Å². The van der Waals surface area contributed by atoms with Crippen LogP contribution in [0.2, 0.25) is 0 Å². The third-order valence-corrected chi connectivity index (χ3v) is 2.41. The van der Waals surface area contributed by atoms with Gasteiger partial charge < -0.3 is 0 Å². The predicted molar refractivity (Wildman–Crippen MR) is 58.0 cm³/mol. The minimum atomic E-state index is -0.577. The molecular formula is C11H13N3O. The van der Waals surface area contributed by atoms with E-state index in [-0.39, 0.29) is 6.03 Å². The molecule has 0 aliphatic carbocycles. The Morgan fingerprint density at radius 1 is 1.20 bits per heavy atom. The molecule has 1 aromatic rings. The number of benzene rings is 1. The lowest BCUT2D eigenvalue weighted by atomic mass is 10.1. The van der Waals surface area contributed by atoms with Gasteiger partial charge in [0.2, 0.25) is 0 Å². The maximum atomic E-state index is 11.5. The van der Waals surface area contributed by atoms with Gasteiger partial charge in [0.25, 0.3) is 0 Å². The number of rotatable bonds is 1. The molecule has 0 atom stereocenters. The van der Waals surface area contributed by atoms with E-state index in [1.54, 1.807) is 4.90 Å². The number of hydrogen-bond donors (Lipinski definition) is 0. The standard InChI is InChI=1S/C11H13N3O/c1-8-4-6-9(7-5-8)14-10(15)12-13-11(14,2)3/h4-7H,1-3H3. The van der Waals surface area contributed by atoms with E-state index in [0.717, 1.165) is 11.3 Å². The van der Waals surface area contributed by atoms with Gasteiger partial charge in [0.1, 0.15) is 0 Å². The lowest BCUT2D eigenvalue weighted by Gasteiger charge is -2.27. The predicted octanol–water partition coefficient (Wildman–Crippen LogP) is 3.12. The Balaban J connectivity index is 2.39. The summed E-state index contributed by atoms with van der Waals surface area (Å²) in [7, 11) is 0. The molecule has 1 heterocycles. The molecule has 1 aliphatic heterocycles. The summed E-state index contributed by atoms with van der Waals surface area (Å²) in [6, 6.07) is 7.45. The van der Waals surface area contributed by atoms with Crippen molar-refractivity contribution in [3.8, 4) is 0 Å². The molecule has 0 N–H and O–H groups in total. The van der Waals surface area contributed by atoms with Crippen molar-refractivity contribution in [2.24, 2.45) is 10.2 Å². The van der Waals surface area contributed by atoms with Crippen LogP contribution in [0.5, 0.6) is 0 Å². The average Bonchev–Trinajstić information content (AvgIpc) is 2.43. The van der Waals surface area contributed by atoms with Crippen LogP contribution in [0.25, 0.3) is 0 Å². The smallest absolute Gasteiger partial charge is 0.264 e. The van der Waals surface area contributed by atoms with Gasteiger partial charge >= 0.3 is 6.03 Å². The first kappa shape index (κ1) is 9.83. The van der Waals surface area contributed by atoms with Crippen molar-refractivity contribution in [1.29, 1.82) is 0 Å². The minimum Gasteiger partial charge on any atom is -0.264 e. The van der Waals surface area contributed by atoms with Crippen LogP contribution in [0, 0.1) is 6.92 Å². The van der Waals surface area contributed by atoms with Crippen molar-refractivity contribution in [2.75, 3.05) is 4.90 Å². The van der Waals surface area contributed by atoms with Crippen molar-refractivity contribution < 1.29 is 4.79 Å². The van der Waals surface area contributed by atoms with Crippen LogP contribution >= 0.6 is 0 Å². The maximum Gasteiger partial charge on any atom is 0.368 e. The number of aryl methyl sites for hydroxylation is 1. The van der Waals surface area contributed by atoms with Gasteiger partial charge in [0.15, 0.2) is 5.66 Å². The Morgan fingerprint density at radius 3 is 2.27 bits per heavy atom. The van der Waals surface area contributed by atoms with Crippen molar-refractivity contribution >= 4 is 11.7 Å². The molecule has 0 unspecified atom stereocenters. The van der Waals surface area contributed by atoms with Crippen LogP contribution in [0.15, 0.2) is 34.5 Å². The Kier molecular flexibility index (Phi) is 2.07. The highest BCUT2D eigenvalue weighted by molar-refractivity contribution is 5.95. The number of nitrogens with zero attached hydrogens (tertiary/aromatic N) is 3. The van der Waals surface area contributed by atoms with E-state index in [0.29, 0.717) is 0 Å². The summed E-state index contributed by atoms with van der Waals surface area (Å²) in [5.41, 5.74) is 1.42. The van der Waals surface area contributed by atoms with E-state index < -0.39 is 5.66 Å². The van der Waals surface area contributed by atoms with Crippen molar-refractivity contribution in [3.05, 3.63) is 29.8 Å². The number of urea groups is 1. The first-order chi connectivity index (χ1) is 7.00. The third-order valence-electron chi connectivity index (χ3n) is 2.41. The van der Waals surface area contributed by atoms with Crippen LogP contribution in [0.1, 0.15) is 19.4 Å². The molecule has 2 amide bonds. The highest BCUT2D eigenvalue weighted by Crippen LogP contribution is 2.30. The van der Waals surface area contributed by atoms with Crippen molar-refractivity contribution in [3.63, 3.8) is 0 Å². The van der Waals surface area contributed by atoms with E-state index in [4.69, 9.17) is 0 Å². The molecule has 15 heavy (non-hydrogen) atoms. The molecule has 78 valence electrons. The summed E-state index contributed by atoms with van der Waals surface area (Å²) in [6.45, 7) is 5.73. The van der Waals surface area contributed by atoms with Crippen molar-refractivity contribution in [2.45, 2.75) is 26.4 Å². The van der Waals surface area contributed by atoms with Gasteiger partial charge in [-0.3, -0.25) is 4.90 Å². The second-order valence-electron chi connectivity index (χ2n) is 4.15. The molecule has 1 aliphatic rings. The number of carbonyl (C=O) groups is 1. The topological polar surface area (TPSA) is 45.0 Å². The number of hydrogen-bond acceptors (Lipinski definition) is 2. The van der Waals surface area contributed by atoms with Gasteiger partial charge in [-0.1, -0.05) is 22.8 Å². The molecule has 0 bridgehead atoms. The molecule has 0 fully saturated rings. The zero-order valence-electron chi connectivity index (χ0n) is 9.06. The van der Waals surface area contributed by atoms with Crippen LogP contribution in [0.4, 0.5) is 10.5 Å². The zero-order chi connectivity index (χ0) is 11.1. The van der Waals surface area contributed by atoms with Gasteiger partial charge in [-0.2, -0.15) is 5.11 Å². The van der Waals surface area contributed by atoms with Crippen LogP contribution in [0.3, 0.4) is 0 Å². The lowest BCUT2D eigenvalue weighted by molar-refractivity contribution is 0.254. The Hall–Kier alpha value is -1.71. The molecule has 0 aromatic heterocycles. The highest BCUT2D eigenvalue weighted by Gasteiger charge is 2.37. The number of anilines is 1. The largest absolute Gasteiger partial charge is 0.368 e. The van der Waals surface area contributed by atoms with Gasteiger partial charge in [-0.25, -0.2) is 4.79 Å². The molecule has 0 saturated carbocycles. The number of carbonyl (C=O) groups excluding carboxylic acids is 1. The number of azo groups is 1. The zero-order valence-corrected chi connectivity index (χ0v) is 9.06. The molecule has 4 heteroatoms. The second-order valence-corrected chi connectivity index (χ2v) is 4.15. The van der Waals surface area contributed by atoms with Crippen LogP contribution in [-0.2, 0) is 0 Å². The van der Waals surface area contributed by atoms with Crippen LogP contribution < -0.4 is 4.90 Å². The molecule has 1 aromatic carbocycles. The molecule has 4 nitrogen and oxygen atoms in total. The third kappa shape index (κ3) is 1.63. The summed E-state index contributed by atoms with van der Waals surface area (Å²) < 4.78 is 0. The van der Waals surface area contributed by atoms with Gasteiger partial charge in [-0.05, 0) is 32.9 Å². The maximum absolute atomic E-state index is 11.5. The Bertz CT molecular complexity index is 420. The summed E-state index contributed by atoms with van der Waals surface area (Å²) in [5.74, 6) is 0. The number of amides is 2. The Morgan fingerprint density at radius 2 is 1.80 bits per heavy atom. The van der Waals surface area contributed by atoms with Crippen molar-refractivity contribution in [1.82, 2.24) is 0 Å². The molecule has 0 spiro atoms. The summed E-state index contributed by atoms with van der Waals surface area (Å²) >= 11 is 0. The second kappa shape index (κ2) is 3.15. The quantitative estimate of drug-likeness (QED) is 0.691. The molecule has 2 rings (SSSR count). The lowest BCUT2D eigenvalue weighted by Crippen LogP contribution is -2.40. The van der Waals surface area contributed by atoms with E-state index >= 15 is 0 Å². The fraction of sp³-hybridized carbons (Fsp3) is 0.364. The monoisotopic (exact) mass is 203 g/mol.